The summed E-state index contributed by atoms with van der Waals surface area (Å²) >= 11 is 0. The van der Waals surface area contributed by atoms with Crippen LogP contribution in [0.2, 0.25) is 0 Å². The Morgan fingerprint density at radius 3 is 2.40 bits per heavy atom. The first-order chi connectivity index (χ1) is 12.1. The van der Waals surface area contributed by atoms with E-state index in [9.17, 15) is 14.7 Å². The van der Waals surface area contributed by atoms with Crippen molar-refractivity contribution in [1.29, 1.82) is 0 Å². The number of esters is 2. The Bertz CT molecular complexity index is 514. The molecule has 1 saturated heterocycles. The second-order valence-electron chi connectivity index (χ2n) is 7.94. The average Bonchev–Trinajstić information content (AvgIpc) is 2.97. The number of rotatable bonds is 5. The average molecular weight is 350 g/mol. The predicted molar refractivity (Wildman–Crippen MR) is 92.7 cm³/mol. The van der Waals surface area contributed by atoms with Crippen LogP contribution in [0.5, 0.6) is 0 Å². The quantitative estimate of drug-likeness (QED) is 0.608. The fourth-order valence-electron chi connectivity index (χ4n) is 4.30. The highest BCUT2D eigenvalue weighted by Crippen LogP contribution is 2.35. The Labute approximate surface area is 149 Å². The van der Waals surface area contributed by atoms with E-state index in [0.29, 0.717) is 17.9 Å². The molecule has 140 valence electrons. The number of allylic oxidation sites excluding steroid dienone is 1. The van der Waals surface area contributed by atoms with Crippen LogP contribution in [-0.2, 0) is 19.1 Å². The molecular formula is C20H30O5. The van der Waals surface area contributed by atoms with E-state index in [1.807, 2.05) is 6.08 Å². The normalized spacial score (nSPS) is 30.4. The standard InChI is InChI=1S/C20H30O5/c21-13-20(14-24-18(22)16-9-5-2-6-10-16)12-17(19(23)25-20)11-15-7-3-1-4-8-15/h11,15-16,21H,1-10,12-14H2/b17-11-. The molecule has 0 amide bonds. The Morgan fingerprint density at radius 2 is 1.76 bits per heavy atom. The Morgan fingerprint density at radius 1 is 1.12 bits per heavy atom. The third-order valence-corrected chi connectivity index (χ3v) is 5.87. The summed E-state index contributed by atoms with van der Waals surface area (Å²) in [6.07, 6.45) is 13.3. The van der Waals surface area contributed by atoms with Gasteiger partial charge in [0.2, 0.25) is 0 Å². The molecule has 0 spiro atoms. The molecule has 3 rings (SSSR count). The van der Waals surface area contributed by atoms with Gasteiger partial charge in [-0.1, -0.05) is 44.6 Å². The van der Waals surface area contributed by atoms with Crippen molar-refractivity contribution >= 4 is 11.9 Å². The molecule has 2 saturated carbocycles. The summed E-state index contributed by atoms with van der Waals surface area (Å²) in [5.74, 6) is -0.198. The molecule has 1 unspecified atom stereocenters. The van der Waals surface area contributed by atoms with Gasteiger partial charge in [0, 0.05) is 12.0 Å². The monoisotopic (exact) mass is 350 g/mol. The molecule has 5 nitrogen and oxygen atoms in total. The van der Waals surface area contributed by atoms with Crippen LogP contribution in [0.1, 0.15) is 70.6 Å². The minimum Gasteiger partial charge on any atom is -0.461 e. The minimum atomic E-state index is -1.10. The van der Waals surface area contributed by atoms with Crippen molar-refractivity contribution in [1.82, 2.24) is 0 Å². The first-order valence-electron chi connectivity index (χ1n) is 9.83. The second kappa shape index (κ2) is 8.35. The van der Waals surface area contributed by atoms with Gasteiger partial charge >= 0.3 is 11.9 Å². The molecular weight excluding hydrogens is 320 g/mol. The molecule has 0 bridgehead atoms. The molecule has 5 heteroatoms. The van der Waals surface area contributed by atoms with Crippen molar-refractivity contribution in [2.24, 2.45) is 11.8 Å². The lowest BCUT2D eigenvalue weighted by Gasteiger charge is -2.26. The highest BCUT2D eigenvalue weighted by Gasteiger charge is 2.45. The number of carbonyl (C=O) groups excluding carboxylic acids is 2. The lowest BCUT2D eigenvalue weighted by Crippen LogP contribution is -2.40. The molecule has 2 aliphatic carbocycles. The zero-order chi connectivity index (χ0) is 17.7. The molecule has 0 radical (unpaired) electrons. The highest BCUT2D eigenvalue weighted by molar-refractivity contribution is 5.91. The molecule has 0 aromatic heterocycles. The smallest absolute Gasteiger partial charge is 0.334 e. The van der Waals surface area contributed by atoms with Gasteiger partial charge in [-0.2, -0.15) is 0 Å². The summed E-state index contributed by atoms with van der Waals surface area (Å²) in [6, 6.07) is 0. The maximum absolute atomic E-state index is 12.2. The zero-order valence-electron chi connectivity index (χ0n) is 15.0. The molecule has 1 atom stereocenters. The van der Waals surface area contributed by atoms with Crippen molar-refractivity contribution in [3.63, 3.8) is 0 Å². The van der Waals surface area contributed by atoms with E-state index < -0.39 is 5.60 Å². The first kappa shape index (κ1) is 18.4. The van der Waals surface area contributed by atoms with Gasteiger partial charge in [0.15, 0.2) is 5.60 Å². The van der Waals surface area contributed by atoms with Gasteiger partial charge in [0.25, 0.3) is 0 Å². The number of cyclic esters (lactones) is 1. The SMILES string of the molecule is O=C1OC(CO)(COC(=O)C2CCCCC2)C/C1=C/C1CCCCC1. The lowest BCUT2D eigenvalue weighted by molar-refractivity contribution is -0.169. The van der Waals surface area contributed by atoms with Crippen LogP contribution in [0.25, 0.3) is 0 Å². The molecule has 0 aromatic rings. The summed E-state index contributed by atoms with van der Waals surface area (Å²) in [6.45, 7) is -0.370. The number of aliphatic hydroxyl groups is 1. The van der Waals surface area contributed by atoms with E-state index >= 15 is 0 Å². The summed E-state index contributed by atoms with van der Waals surface area (Å²) in [5.41, 5.74) is -0.461. The third-order valence-electron chi connectivity index (χ3n) is 5.87. The maximum atomic E-state index is 12.2. The van der Waals surface area contributed by atoms with Gasteiger partial charge in [-0.3, -0.25) is 4.79 Å². The van der Waals surface area contributed by atoms with Crippen LogP contribution in [0.4, 0.5) is 0 Å². The predicted octanol–water partition coefficient (Wildman–Crippen LogP) is 3.29. The third kappa shape index (κ3) is 4.63. The number of aliphatic hydroxyl groups excluding tert-OH is 1. The number of hydrogen-bond acceptors (Lipinski definition) is 5. The van der Waals surface area contributed by atoms with E-state index in [1.54, 1.807) is 0 Å². The van der Waals surface area contributed by atoms with Crippen LogP contribution in [0.15, 0.2) is 11.6 Å². The van der Waals surface area contributed by atoms with Gasteiger partial charge in [-0.05, 0) is 31.6 Å². The number of ether oxygens (including phenoxy) is 2. The van der Waals surface area contributed by atoms with E-state index in [1.165, 1.54) is 25.7 Å². The maximum Gasteiger partial charge on any atom is 0.334 e. The summed E-state index contributed by atoms with van der Waals surface area (Å²) in [4.78, 5) is 24.5. The van der Waals surface area contributed by atoms with Gasteiger partial charge < -0.3 is 14.6 Å². The highest BCUT2D eigenvalue weighted by atomic mass is 16.6. The van der Waals surface area contributed by atoms with Crippen molar-refractivity contribution in [2.45, 2.75) is 76.2 Å². The first-order valence-corrected chi connectivity index (χ1v) is 9.83. The van der Waals surface area contributed by atoms with Crippen LogP contribution in [0, 0.1) is 11.8 Å². The Balaban J connectivity index is 1.57. The van der Waals surface area contributed by atoms with Crippen molar-refractivity contribution in [3.8, 4) is 0 Å². The van der Waals surface area contributed by atoms with E-state index in [-0.39, 0.29) is 31.1 Å². The van der Waals surface area contributed by atoms with E-state index in [2.05, 4.69) is 0 Å². The molecule has 3 fully saturated rings. The van der Waals surface area contributed by atoms with E-state index in [4.69, 9.17) is 9.47 Å². The largest absolute Gasteiger partial charge is 0.461 e. The molecule has 3 aliphatic rings. The summed E-state index contributed by atoms with van der Waals surface area (Å²) < 4.78 is 10.9. The van der Waals surface area contributed by atoms with Gasteiger partial charge in [0.1, 0.15) is 6.61 Å². The Hall–Kier alpha value is -1.36. The molecule has 1 N–H and O–H groups in total. The number of carbonyl (C=O) groups is 2. The van der Waals surface area contributed by atoms with Crippen molar-refractivity contribution in [3.05, 3.63) is 11.6 Å². The van der Waals surface area contributed by atoms with Crippen LogP contribution < -0.4 is 0 Å². The lowest BCUT2D eigenvalue weighted by atomic mass is 9.86. The van der Waals surface area contributed by atoms with Crippen molar-refractivity contribution < 1.29 is 24.2 Å². The summed E-state index contributed by atoms with van der Waals surface area (Å²) in [7, 11) is 0. The molecule has 1 aliphatic heterocycles. The number of hydrogen-bond donors (Lipinski definition) is 1. The van der Waals surface area contributed by atoms with E-state index in [0.717, 1.165) is 38.5 Å². The minimum absolute atomic E-state index is 0.0427. The Kier molecular flexibility index (Phi) is 6.15. The molecule has 1 heterocycles. The topological polar surface area (TPSA) is 72.8 Å². The molecule has 25 heavy (non-hydrogen) atoms. The zero-order valence-corrected chi connectivity index (χ0v) is 15.0. The van der Waals surface area contributed by atoms with Gasteiger partial charge in [-0.25, -0.2) is 4.79 Å². The molecule has 0 aromatic carbocycles. The fourth-order valence-corrected chi connectivity index (χ4v) is 4.30. The van der Waals surface area contributed by atoms with Crippen LogP contribution >= 0.6 is 0 Å². The van der Waals surface area contributed by atoms with Crippen LogP contribution in [-0.4, -0.2) is 35.9 Å². The second-order valence-corrected chi connectivity index (χ2v) is 7.94. The van der Waals surface area contributed by atoms with Gasteiger partial charge in [0.05, 0.1) is 12.5 Å². The van der Waals surface area contributed by atoms with Crippen LogP contribution in [0.3, 0.4) is 0 Å². The van der Waals surface area contributed by atoms with Gasteiger partial charge in [-0.15, -0.1) is 0 Å². The summed E-state index contributed by atoms with van der Waals surface area (Å²) in [5, 5.41) is 9.79. The van der Waals surface area contributed by atoms with Crippen molar-refractivity contribution in [2.75, 3.05) is 13.2 Å². The fraction of sp³-hybridized carbons (Fsp3) is 0.800.